The van der Waals surface area contributed by atoms with Crippen molar-refractivity contribution < 1.29 is 13.2 Å². The number of nitrogens with zero attached hydrogens (tertiary/aromatic N) is 2. The van der Waals surface area contributed by atoms with Crippen LogP contribution in [0.15, 0.2) is 39.9 Å². The molecule has 0 unspecified atom stereocenters. The van der Waals surface area contributed by atoms with Crippen LogP contribution >= 0.6 is 11.3 Å². The van der Waals surface area contributed by atoms with Crippen LogP contribution in [0.5, 0.6) is 5.75 Å². The second-order valence-electron chi connectivity index (χ2n) is 5.51. The monoisotopic (exact) mass is 354 g/mol. The van der Waals surface area contributed by atoms with Crippen LogP contribution in [0.25, 0.3) is 11.1 Å². The fraction of sp³-hybridized carbons (Fsp3) is 0.375. The average molecular weight is 354 g/mol. The van der Waals surface area contributed by atoms with Crippen molar-refractivity contribution in [2.45, 2.75) is 4.90 Å². The predicted octanol–water partition coefficient (Wildman–Crippen LogP) is 2.61. The standard InChI is InChI=1S/C16H22N2O3S2/c1-17(2)8-9-18(3)23(19,20)16-11-13(5-6-15(16)21-4)14-7-10-22-12-14/h5-7,10-12H,8-9H2,1-4H3. The second kappa shape index (κ2) is 7.44. The van der Waals surface area contributed by atoms with Crippen LogP contribution in [-0.4, -0.2) is 59.0 Å². The van der Waals surface area contributed by atoms with Gasteiger partial charge < -0.3 is 9.64 Å². The van der Waals surface area contributed by atoms with E-state index in [9.17, 15) is 8.42 Å². The lowest BCUT2D eigenvalue weighted by molar-refractivity contribution is 0.356. The third kappa shape index (κ3) is 4.11. The van der Waals surface area contributed by atoms with Crippen LogP contribution in [0.1, 0.15) is 0 Å². The SMILES string of the molecule is COc1ccc(-c2ccsc2)cc1S(=O)(=O)N(C)CCN(C)C. The fourth-order valence-electron chi connectivity index (χ4n) is 2.12. The summed E-state index contributed by atoms with van der Waals surface area (Å²) in [6.45, 7) is 1.07. The highest BCUT2D eigenvalue weighted by molar-refractivity contribution is 7.89. The summed E-state index contributed by atoms with van der Waals surface area (Å²) in [6, 6.07) is 7.24. The van der Waals surface area contributed by atoms with Crippen molar-refractivity contribution in [3.63, 3.8) is 0 Å². The Morgan fingerprint density at radius 1 is 1.09 bits per heavy atom. The molecule has 0 aliphatic heterocycles. The highest BCUT2D eigenvalue weighted by atomic mass is 32.2. The Balaban J connectivity index is 2.41. The van der Waals surface area contributed by atoms with Gasteiger partial charge in [0.05, 0.1) is 7.11 Å². The molecule has 0 atom stereocenters. The van der Waals surface area contributed by atoms with Gasteiger partial charge in [-0.25, -0.2) is 8.42 Å². The molecule has 0 amide bonds. The molecule has 0 saturated carbocycles. The molecule has 0 aliphatic rings. The van der Waals surface area contributed by atoms with Crippen molar-refractivity contribution in [1.29, 1.82) is 0 Å². The summed E-state index contributed by atoms with van der Waals surface area (Å²) >= 11 is 1.58. The molecule has 0 aliphatic carbocycles. The van der Waals surface area contributed by atoms with Gasteiger partial charge in [0.15, 0.2) is 0 Å². The van der Waals surface area contributed by atoms with Crippen molar-refractivity contribution in [3.05, 3.63) is 35.0 Å². The first kappa shape index (κ1) is 17.9. The molecule has 0 radical (unpaired) electrons. The van der Waals surface area contributed by atoms with Crippen molar-refractivity contribution in [1.82, 2.24) is 9.21 Å². The van der Waals surface area contributed by atoms with E-state index in [1.807, 2.05) is 41.9 Å². The van der Waals surface area contributed by atoms with E-state index in [-0.39, 0.29) is 4.90 Å². The molecule has 0 N–H and O–H groups in total. The summed E-state index contributed by atoms with van der Waals surface area (Å²) in [5.41, 5.74) is 1.87. The fourth-order valence-corrected chi connectivity index (χ4v) is 4.12. The third-order valence-corrected chi connectivity index (χ3v) is 6.13. The van der Waals surface area contributed by atoms with Crippen LogP contribution in [0, 0.1) is 0 Å². The minimum Gasteiger partial charge on any atom is -0.495 e. The highest BCUT2D eigenvalue weighted by Gasteiger charge is 2.25. The maximum Gasteiger partial charge on any atom is 0.246 e. The maximum atomic E-state index is 12.9. The van der Waals surface area contributed by atoms with E-state index in [0.29, 0.717) is 18.8 Å². The maximum absolute atomic E-state index is 12.9. The number of sulfonamides is 1. The lowest BCUT2D eigenvalue weighted by Gasteiger charge is -2.21. The molecule has 7 heteroatoms. The first-order chi connectivity index (χ1) is 10.9. The van der Waals surface area contributed by atoms with Gasteiger partial charge in [-0.1, -0.05) is 6.07 Å². The van der Waals surface area contributed by atoms with Crippen molar-refractivity contribution in [2.75, 3.05) is 41.3 Å². The number of ether oxygens (including phenoxy) is 1. The van der Waals surface area contributed by atoms with Gasteiger partial charge in [-0.15, -0.1) is 0 Å². The zero-order valence-electron chi connectivity index (χ0n) is 13.8. The van der Waals surface area contributed by atoms with Gasteiger partial charge in [-0.05, 0) is 54.2 Å². The Hall–Kier alpha value is -1.41. The van der Waals surface area contributed by atoms with Gasteiger partial charge in [0.2, 0.25) is 10.0 Å². The minimum atomic E-state index is -3.61. The van der Waals surface area contributed by atoms with Gasteiger partial charge in [0.25, 0.3) is 0 Å². The second-order valence-corrected chi connectivity index (χ2v) is 8.30. The van der Waals surface area contributed by atoms with Crippen LogP contribution < -0.4 is 4.74 Å². The molecule has 0 bridgehead atoms. The smallest absolute Gasteiger partial charge is 0.246 e. The van der Waals surface area contributed by atoms with Crippen molar-refractivity contribution in [3.8, 4) is 16.9 Å². The Bertz CT molecular complexity index is 741. The topological polar surface area (TPSA) is 49.9 Å². The predicted molar refractivity (Wildman–Crippen MR) is 94.7 cm³/mol. The average Bonchev–Trinajstić information content (AvgIpc) is 3.06. The van der Waals surface area contributed by atoms with Crippen molar-refractivity contribution in [2.24, 2.45) is 0 Å². The summed E-state index contributed by atoms with van der Waals surface area (Å²) < 4.78 is 32.4. The summed E-state index contributed by atoms with van der Waals surface area (Å²) in [7, 11) is 3.30. The number of likely N-dealkylation sites (N-methyl/N-ethyl adjacent to an activating group) is 2. The lowest BCUT2D eigenvalue weighted by atomic mass is 10.1. The number of hydrogen-bond acceptors (Lipinski definition) is 5. The third-order valence-electron chi connectivity index (χ3n) is 3.57. The van der Waals surface area contributed by atoms with E-state index in [1.54, 1.807) is 30.5 Å². The Kier molecular flexibility index (Phi) is 5.80. The Morgan fingerprint density at radius 2 is 1.83 bits per heavy atom. The van der Waals surface area contributed by atoms with E-state index in [1.165, 1.54) is 11.4 Å². The van der Waals surface area contributed by atoms with Gasteiger partial charge in [-0.3, -0.25) is 0 Å². The quantitative estimate of drug-likeness (QED) is 0.767. The molecular formula is C16H22N2O3S2. The molecule has 0 fully saturated rings. The van der Waals surface area contributed by atoms with Crippen molar-refractivity contribution >= 4 is 21.4 Å². The first-order valence-corrected chi connectivity index (χ1v) is 9.56. The molecule has 5 nitrogen and oxygen atoms in total. The van der Waals surface area contributed by atoms with E-state index in [0.717, 1.165) is 11.1 Å². The Morgan fingerprint density at radius 3 is 2.39 bits per heavy atom. The van der Waals surface area contributed by atoms with Crippen LogP contribution in [-0.2, 0) is 10.0 Å². The normalized spacial score (nSPS) is 12.1. The molecule has 1 heterocycles. The summed E-state index contributed by atoms with van der Waals surface area (Å²) in [5.74, 6) is 0.362. The zero-order chi connectivity index (χ0) is 17.0. The van der Waals surface area contributed by atoms with Gasteiger partial charge in [-0.2, -0.15) is 15.6 Å². The van der Waals surface area contributed by atoms with Gasteiger partial charge in [0, 0.05) is 20.1 Å². The van der Waals surface area contributed by atoms with Gasteiger partial charge >= 0.3 is 0 Å². The Labute approximate surface area is 142 Å². The number of rotatable bonds is 7. The van der Waals surface area contributed by atoms with E-state index in [4.69, 9.17) is 4.74 Å². The minimum absolute atomic E-state index is 0.199. The van der Waals surface area contributed by atoms with E-state index < -0.39 is 10.0 Å². The number of hydrogen-bond donors (Lipinski definition) is 0. The zero-order valence-corrected chi connectivity index (χ0v) is 15.4. The lowest BCUT2D eigenvalue weighted by Crippen LogP contribution is -2.33. The van der Waals surface area contributed by atoms with E-state index in [2.05, 4.69) is 0 Å². The van der Waals surface area contributed by atoms with Crippen LogP contribution in [0.2, 0.25) is 0 Å². The molecule has 0 spiro atoms. The summed E-state index contributed by atoms with van der Waals surface area (Å²) in [6.07, 6.45) is 0. The number of benzene rings is 1. The molecule has 0 saturated heterocycles. The first-order valence-electron chi connectivity index (χ1n) is 7.18. The molecule has 23 heavy (non-hydrogen) atoms. The molecule has 126 valence electrons. The van der Waals surface area contributed by atoms with E-state index >= 15 is 0 Å². The van der Waals surface area contributed by atoms with Crippen LogP contribution in [0.4, 0.5) is 0 Å². The van der Waals surface area contributed by atoms with Crippen LogP contribution in [0.3, 0.4) is 0 Å². The molecule has 2 rings (SSSR count). The number of methoxy groups -OCH3 is 1. The number of thiophene rings is 1. The molecule has 1 aromatic heterocycles. The largest absolute Gasteiger partial charge is 0.495 e. The summed E-state index contributed by atoms with van der Waals surface area (Å²) in [5, 5.41) is 3.96. The molecular weight excluding hydrogens is 332 g/mol. The molecule has 1 aromatic carbocycles. The highest BCUT2D eigenvalue weighted by Crippen LogP contribution is 2.32. The van der Waals surface area contributed by atoms with Gasteiger partial charge in [0.1, 0.15) is 10.6 Å². The summed E-state index contributed by atoms with van der Waals surface area (Å²) in [4.78, 5) is 2.15. The molecule has 2 aromatic rings.